The van der Waals surface area contributed by atoms with Gasteiger partial charge in [-0.15, -0.1) is 6.42 Å². The van der Waals surface area contributed by atoms with Gasteiger partial charge in [0.2, 0.25) is 0 Å². The highest BCUT2D eigenvalue weighted by Gasteiger charge is 2.49. The predicted octanol–water partition coefficient (Wildman–Crippen LogP) is 6.63. The number of ether oxygens (including phenoxy) is 2. The number of nitrogens with zero attached hydrogens (tertiary/aromatic N) is 4. The van der Waals surface area contributed by atoms with Crippen LogP contribution >= 0.6 is 11.6 Å². The average Bonchev–Trinajstić information content (AvgIpc) is 3.34. The van der Waals surface area contributed by atoms with Crippen molar-refractivity contribution in [1.82, 2.24) is 20.2 Å². The third-order valence-corrected chi connectivity index (χ3v) is 11.9. The van der Waals surface area contributed by atoms with Crippen molar-refractivity contribution in [3.8, 4) is 35.2 Å². The van der Waals surface area contributed by atoms with Crippen molar-refractivity contribution < 1.29 is 19.0 Å². The standard InChI is InChI=1S/C39H41ClFN5O3/c1-4-28-32(41)8-5-22-11-26(47)13-30(33(22)28)34-29(21(2)3)14-31-36(35(34)40)43-38(44-37(31)45-15-23-6-7-24(16-45)42-23)49-20-39(9-10-39)19-46-17-27-12-25(46)18-48-27/h1,5,8,11,13-14,21,23-25,27,42,47H,6-7,9-10,12,15-20H2,2-3H3/t23?,24?,25-,27-/m0/s1. The minimum absolute atomic E-state index is 0.0288. The fourth-order valence-electron chi connectivity index (χ4n) is 8.82. The Kier molecular flexibility index (Phi) is 7.48. The molecule has 4 aliphatic heterocycles. The van der Waals surface area contributed by atoms with Crippen LogP contribution < -0.4 is 15.0 Å². The van der Waals surface area contributed by atoms with Gasteiger partial charge in [0.25, 0.3) is 0 Å². The largest absolute Gasteiger partial charge is 0.508 e. The highest BCUT2D eigenvalue weighted by atomic mass is 35.5. The molecule has 4 aromatic rings. The van der Waals surface area contributed by atoms with Gasteiger partial charge in [0.15, 0.2) is 0 Å². The zero-order valence-corrected chi connectivity index (χ0v) is 28.7. The molecule has 0 radical (unpaired) electrons. The van der Waals surface area contributed by atoms with Crippen molar-refractivity contribution >= 4 is 39.1 Å². The van der Waals surface area contributed by atoms with Gasteiger partial charge in [0.1, 0.15) is 17.4 Å². The normalized spacial score (nSPS) is 25.5. The second kappa shape index (κ2) is 11.7. The number of phenols is 1. The van der Waals surface area contributed by atoms with Gasteiger partial charge in [-0.2, -0.15) is 9.97 Å². The third kappa shape index (κ3) is 5.39. The summed E-state index contributed by atoms with van der Waals surface area (Å²) in [5.74, 6) is 2.95. The first kappa shape index (κ1) is 31.3. The van der Waals surface area contributed by atoms with E-state index in [1.807, 2.05) is 0 Å². The molecule has 4 bridgehead atoms. The number of rotatable bonds is 8. The van der Waals surface area contributed by atoms with Gasteiger partial charge in [0, 0.05) is 66.1 Å². The van der Waals surface area contributed by atoms with Crippen LogP contribution in [0.3, 0.4) is 0 Å². The Morgan fingerprint density at radius 2 is 1.96 bits per heavy atom. The minimum atomic E-state index is -0.498. The summed E-state index contributed by atoms with van der Waals surface area (Å²) in [5.41, 5.74) is 2.98. The monoisotopic (exact) mass is 681 g/mol. The number of piperazine rings is 1. The predicted molar refractivity (Wildman–Crippen MR) is 190 cm³/mol. The summed E-state index contributed by atoms with van der Waals surface area (Å²) in [6.07, 6.45) is 11.9. The molecule has 10 heteroatoms. The van der Waals surface area contributed by atoms with Gasteiger partial charge >= 0.3 is 6.01 Å². The van der Waals surface area contributed by atoms with E-state index in [-0.39, 0.29) is 22.6 Å². The van der Waals surface area contributed by atoms with Crippen LogP contribution in [0, 0.1) is 23.6 Å². The Bertz CT molecular complexity index is 2030. The fraction of sp³-hybridized carbons (Fsp3) is 0.487. The van der Waals surface area contributed by atoms with Crippen molar-refractivity contribution in [1.29, 1.82) is 0 Å². The minimum Gasteiger partial charge on any atom is -0.508 e. The summed E-state index contributed by atoms with van der Waals surface area (Å²) < 4.78 is 27.6. The number of halogens is 2. The smallest absolute Gasteiger partial charge is 0.319 e. The topological polar surface area (TPSA) is 83.0 Å². The molecule has 5 fully saturated rings. The number of terminal acetylenes is 1. The number of fused-ring (bicyclic) bond motifs is 6. The number of anilines is 1. The van der Waals surface area contributed by atoms with Crippen molar-refractivity contribution in [2.75, 3.05) is 44.3 Å². The summed E-state index contributed by atoms with van der Waals surface area (Å²) in [6.45, 7) is 9.25. The zero-order valence-electron chi connectivity index (χ0n) is 27.9. The lowest BCUT2D eigenvalue weighted by Crippen LogP contribution is -2.51. The van der Waals surface area contributed by atoms with Gasteiger partial charge in [-0.3, -0.25) is 4.90 Å². The summed E-state index contributed by atoms with van der Waals surface area (Å²) >= 11 is 7.50. The van der Waals surface area contributed by atoms with Crippen molar-refractivity contribution in [2.24, 2.45) is 5.41 Å². The molecule has 4 saturated heterocycles. The van der Waals surface area contributed by atoms with E-state index >= 15 is 4.39 Å². The molecule has 5 aliphatic rings. The lowest BCUT2D eigenvalue weighted by Gasteiger charge is -2.34. The molecular weight excluding hydrogens is 641 g/mol. The Balaban J connectivity index is 1.18. The van der Waals surface area contributed by atoms with Crippen LogP contribution in [0.15, 0.2) is 30.3 Å². The van der Waals surface area contributed by atoms with E-state index in [2.05, 4.69) is 41.0 Å². The Labute approximate surface area is 290 Å². The van der Waals surface area contributed by atoms with Gasteiger partial charge < -0.3 is 24.8 Å². The quantitative estimate of drug-likeness (QED) is 0.201. The van der Waals surface area contributed by atoms with Crippen molar-refractivity contribution in [3.63, 3.8) is 0 Å². The number of phenolic OH excluding ortho intramolecular Hbond substituents is 1. The van der Waals surface area contributed by atoms with Crippen LogP contribution in [0.2, 0.25) is 5.02 Å². The number of nitrogens with one attached hydrogen (secondary N) is 1. The number of hydrogen-bond acceptors (Lipinski definition) is 8. The van der Waals surface area contributed by atoms with Gasteiger partial charge in [-0.25, -0.2) is 4.39 Å². The fourth-order valence-corrected chi connectivity index (χ4v) is 9.18. The number of morpholine rings is 1. The van der Waals surface area contributed by atoms with Crippen molar-refractivity contribution in [2.45, 2.75) is 76.1 Å². The summed E-state index contributed by atoms with van der Waals surface area (Å²) in [5, 5.41) is 17.0. The van der Waals surface area contributed by atoms with Gasteiger partial charge in [-0.1, -0.05) is 37.4 Å². The van der Waals surface area contributed by atoms with E-state index in [9.17, 15) is 5.11 Å². The van der Waals surface area contributed by atoms with Crippen LogP contribution in [0.25, 0.3) is 32.8 Å². The van der Waals surface area contributed by atoms with E-state index in [4.69, 9.17) is 37.5 Å². The van der Waals surface area contributed by atoms with E-state index in [0.29, 0.717) is 69.3 Å². The Morgan fingerprint density at radius 3 is 2.63 bits per heavy atom. The molecule has 254 valence electrons. The molecule has 1 aromatic heterocycles. The highest BCUT2D eigenvalue weighted by Crippen LogP contribution is 2.49. The van der Waals surface area contributed by atoms with Crippen LogP contribution in [0.1, 0.15) is 63.0 Å². The number of likely N-dealkylation sites (tertiary alicyclic amines) is 1. The van der Waals surface area contributed by atoms with Crippen LogP contribution in [0.4, 0.5) is 10.2 Å². The van der Waals surface area contributed by atoms with Crippen LogP contribution in [-0.4, -0.2) is 83.6 Å². The molecule has 1 saturated carbocycles. The molecule has 9 rings (SSSR count). The van der Waals surface area contributed by atoms with E-state index in [0.717, 1.165) is 81.7 Å². The summed E-state index contributed by atoms with van der Waals surface area (Å²) in [6, 6.07) is 9.95. The first-order chi connectivity index (χ1) is 23.7. The maximum Gasteiger partial charge on any atom is 0.319 e. The maximum atomic E-state index is 15.2. The Morgan fingerprint density at radius 1 is 1.16 bits per heavy atom. The second-order valence-corrected chi connectivity index (χ2v) is 15.7. The molecule has 49 heavy (non-hydrogen) atoms. The zero-order chi connectivity index (χ0) is 33.6. The van der Waals surface area contributed by atoms with Gasteiger partial charge in [0.05, 0.1) is 35.4 Å². The number of benzene rings is 3. The second-order valence-electron chi connectivity index (χ2n) is 15.3. The molecular formula is C39H41ClFN5O3. The SMILES string of the molecule is C#Cc1c(F)ccc2cc(O)cc(-c3c(C(C)C)cc4c(N5CC6CCC(C5)N6)nc(OCC5(CN6C[C@@H]7C[C@H]6CO7)CC5)nc4c3Cl)c12. The first-order valence-electron chi connectivity index (χ1n) is 17.6. The lowest BCUT2D eigenvalue weighted by atomic mass is 9.87. The number of aromatic nitrogens is 2. The number of hydrogen-bond donors (Lipinski definition) is 2. The first-order valence-corrected chi connectivity index (χ1v) is 18.0. The molecule has 3 aromatic carbocycles. The molecule has 5 heterocycles. The average molecular weight is 682 g/mol. The summed E-state index contributed by atoms with van der Waals surface area (Å²) in [7, 11) is 0. The van der Waals surface area contributed by atoms with Crippen LogP contribution in [-0.2, 0) is 4.74 Å². The summed E-state index contributed by atoms with van der Waals surface area (Å²) in [4.78, 5) is 15.1. The highest BCUT2D eigenvalue weighted by molar-refractivity contribution is 6.39. The van der Waals surface area contributed by atoms with Gasteiger partial charge in [-0.05, 0) is 78.8 Å². The Hall–Kier alpha value is -3.68. The molecule has 4 atom stereocenters. The molecule has 1 aliphatic carbocycles. The molecule has 2 N–H and O–H groups in total. The molecule has 0 spiro atoms. The van der Waals surface area contributed by atoms with E-state index < -0.39 is 5.82 Å². The molecule has 8 nitrogen and oxygen atoms in total. The maximum absolute atomic E-state index is 15.2. The molecule has 0 amide bonds. The van der Waals surface area contributed by atoms with E-state index in [1.54, 1.807) is 18.2 Å². The molecule has 2 unspecified atom stereocenters. The lowest BCUT2D eigenvalue weighted by molar-refractivity contribution is 0.0176. The third-order valence-electron chi connectivity index (χ3n) is 11.5. The van der Waals surface area contributed by atoms with E-state index in [1.165, 1.54) is 6.07 Å². The number of aromatic hydroxyl groups is 1. The van der Waals surface area contributed by atoms with Crippen molar-refractivity contribution in [3.05, 3.63) is 52.3 Å². The van der Waals surface area contributed by atoms with Crippen LogP contribution in [0.5, 0.6) is 11.8 Å².